The lowest BCUT2D eigenvalue weighted by atomic mass is 9.62. The highest BCUT2D eigenvalue weighted by Crippen LogP contribution is 2.43. The second kappa shape index (κ2) is 9.43. The predicted octanol–water partition coefficient (Wildman–Crippen LogP) is -2.97. The van der Waals surface area contributed by atoms with Crippen molar-refractivity contribution >= 4 is 29.7 Å². The number of hydrogen-bond acceptors (Lipinski definition) is 9. The van der Waals surface area contributed by atoms with E-state index in [0.717, 1.165) is 6.92 Å². The third-order valence-corrected chi connectivity index (χ3v) is 4.14. The van der Waals surface area contributed by atoms with Gasteiger partial charge < -0.3 is 40.9 Å². The predicted molar refractivity (Wildman–Crippen MR) is 88.3 cm³/mol. The van der Waals surface area contributed by atoms with Gasteiger partial charge in [0, 0.05) is 0 Å². The molecule has 13 heteroatoms. The molecule has 13 nitrogen and oxygen atoms in total. The smallest absolute Gasteiger partial charge is 0.310 e. The molecule has 0 rings (SSSR count). The van der Waals surface area contributed by atoms with Gasteiger partial charge in [-0.1, -0.05) is 5.92 Å². The van der Waals surface area contributed by atoms with Crippen molar-refractivity contribution in [1.82, 2.24) is 0 Å². The van der Waals surface area contributed by atoms with E-state index in [1.165, 1.54) is 0 Å². The largest absolute Gasteiger partial charge is 0.481 e. The van der Waals surface area contributed by atoms with E-state index in [1.807, 2.05) is 11.8 Å². The van der Waals surface area contributed by atoms with Crippen molar-refractivity contribution in [3.8, 4) is 11.8 Å². The summed E-state index contributed by atoms with van der Waals surface area (Å²) < 4.78 is 0. The number of rotatable bonds is 12. The summed E-state index contributed by atoms with van der Waals surface area (Å²) in [5.74, 6) is -6.05. The van der Waals surface area contributed by atoms with Crippen molar-refractivity contribution in [3.05, 3.63) is 0 Å². The highest BCUT2D eigenvalue weighted by molar-refractivity contribution is 6.02. The molecule has 0 aromatic rings. The molecule has 1 unspecified atom stereocenters. The number of aliphatic hydroxyl groups is 4. The van der Waals surface area contributed by atoms with Gasteiger partial charge in [-0.2, -0.15) is 0 Å². The lowest BCUT2D eigenvalue weighted by Crippen LogP contribution is -2.75. The monoisotopic (exact) mass is 420 g/mol. The average molecular weight is 420 g/mol. The molecular weight excluding hydrogens is 400 g/mol. The third-order valence-electron chi connectivity index (χ3n) is 4.14. The summed E-state index contributed by atoms with van der Waals surface area (Å²) in [6.45, 7) is 1.10. The fourth-order valence-electron chi connectivity index (χ4n) is 2.81. The number of aliphatic hydroxyl groups excluding tert-OH is 1. The van der Waals surface area contributed by atoms with Crippen LogP contribution in [0.5, 0.6) is 0 Å². The van der Waals surface area contributed by atoms with Crippen molar-refractivity contribution in [3.63, 3.8) is 0 Å². The molecule has 0 bridgehead atoms. The van der Waals surface area contributed by atoms with Gasteiger partial charge in [0.15, 0.2) is 11.4 Å². The summed E-state index contributed by atoms with van der Waals surface area (Å²) in [5, 5.41) is 78.5. The number of carbonyl (C=O) groups is 5. The third kappa shape index (κ3) is 5.48. The Morgan fingerprint density at radius 2 is 1.24 bits per heavy atom. The molecule has 0 aliphatic carbocycles. The Labute approximate surface area is 162 Å². The van der Waals surface area contributed by atoms with Crippen LogP contribution >= 0.6 is 0 Å². The number of hydrogen-bond donors (Lipinski definition) is 8. The van der Waals surface area contributed by atoms with E-state index in [-0.39, 0.29) is 0 Å². The topological polar surface area (TPSA) is 247 Å². The van der Waals surface area contributed by atoms with Crippen LogP contribution in [0.4, 0.5) is 0 Å². The van der Waals surface area contributed by atoms with Gasteiger partial charge in [-0.05, 0) is 6.92 Å². The average Bonchev–Trinajstić information content (AvgIpc) is 2.51. The fourth-order valence-corrected chi connectivity index (χ4v) is 2.81. The Kier molecular flexibility index (Phi) is 8.44. The van der Waals surface area contributed by atoms with Crippen LogP contribution < -0.4 is 0 Å². The maximum atomic E-state index is 12.3. The zero-order valence-electron chi connectivity index (χ0n) is 15.0. The van der Waals surface area contributed by atoms with Gasteiger partial charge >= 0.3 is 23.9 Å². The summed E-state index contributed by atoms with van der Waals surface area (Å²) in [7, 11) is 0. The minimum atomic E-state index is -3.89. The van der Waals surface area contributed by atoms with Gasteiger partial charge in [0.25, 0.3) is 0 Å². The summed E-state index contributed by atoms with van der Waals surface area (Å²) in [6.07, 6.45) is -9.59. The van der Waals surface area contributed by atoms with Gasteiger partial charge in [0.1, 0.15) is 23.7 Å². The maximum Gasteiger partial charge on any atom is 0.310 e. The molecule has 0 aliphatic rings. The molecule has 0 amide bonds. The molecule has 0 aliphatic heterocycles. The zero-order valence-corrected chi connectivity index (χ0v) is 15.0. The van der Waals surface area contributed by atoms with E-state index in [2.05, 4.69) is 0 Å². The fraction of sp³-hybridized carbons (Fsp3) is 0.562. The highest BCUT2D eigenvalue weighted by atomic mass is 16.4. The van der Waals surface area contributed by atoms with E-state index >= 15 is 0 Å². The van der Waals surface area contributed by atoms with Crippen LogP contribution in [0.2, 0.25) is 0 Å². The standard InChI is InChI=1S/C16H20O13/c1-2-3-8(17)14(27,5-11(21)22)16(29,7-13(25)26)15(28,6-12(23)24)9(18)4-10(19)20/h8,17,27-29H,4-7H2,1H3,(H,19,20)(H,21,22)(H,23,24)(H,25,26)/t8?,14-,15-,16-/m1/s1. The van der Waals surface area contributed by atoms with E-state index in [4.69, 9.17) is 20.4 Å². The minimum Gasteiger partial charge on any atom is -0.481 e. The SMILES string of the molecule is CC#CC(O)[C@](O)(CC(=O)O)[C@](O)(CC(=O)O)[C@@](O)(CC(=O)O)C(=O)CC(=O)O. The molecule has 0 radical (unpaired) electrons. The molecule has 0 saturated carbocycles. The molecule has 0 aromatic heterocycles. The lowest BCUT2D eigenvalue weighted by molar-refractivity contribution is -0.265. The van der Waals surface area contributed by atoms with E-state index < -0.39 is 78.3 Å². The van der Waals surface area contributed by atoms with Gasteiger partial charge in [0.05, 0.1) is 19.3 Å². The van der Waals surface area contributed by atoms with Crippen molar-refractivity contribution in [1.29, 1.82) is 0 Å². The highest BCUT2D eigenvalue weighted by Gasteiger charge is 2.69. The first-order valence-electron chi connectivity index (χ1n) is 7.75. The molecule has 4 atom stereocenters. The van der Waals surface area contributed by atoms with Crippen LogP contribution in [-0.2, 0) is 24.0 Å². The second-order valence-corrected chi connectivity index (χ2v) is 6.15. The van der Waals surface area contributed by atoms with Crippen molar-refractivity contribution in [2.45, 2.75) is 55.5 Å². The summed E-state index contributed by atoms with van der Waals surface area (Å²) in [5.41, 5.74) is -11.3. The Balaban J connectivity index is 7.11. The van der Waals surface area contributed by atoms with E-state index in [1.54, 1.807) is 0 Å². The number of carboxylic acid groups (broad SMARTS) is 4. The van der Waals surface area contributed by atoms with Gasteiger partial charge in [-0.3, -0.25) is 24.0 Å². The molecule has 162 valence electrons. The molecular formula is C16H20O13. The molecule has 0 aromatic carbocycles. The number of ketones is 1. The first-order valence-corrected chi connectivity index (χ1v) is 7.75. The molecule has 29 heavy (non-hydrogen) atoms. The Hall–Kier alpha value is -3.05. The number of aliphatic carboxylic acids is 4. The number of carboxylic acids is 4. The van der Waals surface area contributed by atoms with Crippen LogP contribution in [0.3, 0.4) is 0 Å². The normalized spacial score (nSPS) is 18.0. The van der Waals surface area contributed by atoms with Crippen LogP contribution in [0.25, 0.3) is 0 Å². The summed E-state index contributed by atoms with van der Waals surface area (Å²) in [4.78, 5) is 56.8. The molecule has 0 spiro atoms. The Morgan fingerprint density at radius 1 is 0.793 bits per heavy atom. The van der Waals surface area contributed by atoms with Crippen LogP contribution in [0, 0.1) is 11.8 Å². The number of carbonyl (C=O) groups excluding carboxylic acids is 1. The van der Waals surface area contributed by atoms with Crippen molar-refractivity contribution < 1.29 is 64.8 Å². The van der Waals surface area contributed by atoms with Crippen molar-refractivity contribution in [2.24, 2.45) is 0 Å². The van der Waals surface area contributed by atoms with Gasteiger partial charge in [0.2, 0.25) is 0 Å². The molecule has 0 fully saturated rings. The Bertz CT molecular complexity index is 763. The van der Waals surface area contributed by atoms with Gasteiger partial charge in [-0.15, -0.1) is 5.92 Å². The van der Waals surface area contributed by atoms with E-state index in [0.29, 0.717) is 0 Å². The van der Waals surface area contributed by atoms with Crippen LogP contribution in [0.15, 0.2) is 0 Å². The molecule has 8 N–H and O–H groups in total. The number of Topliss-reactive ketones (excluding diaryl/α,β-unsaturated/α-hetero) is 1. The first-order chi connectivity index (χ1) is 13.1. The van der Waals surface area contributed by atoms with Gasteiger partial charge in [-0.25, -0.2) is 0 Å². The van der Waals surface area contributed by atoms with E-state index in [9.17, 15) is 44.4 Å². The second-order valence-electron chi connectivity index (χ2n) is 6.15. The first kappa shape index (κ1) is 26.0. The van der Waals surface area contributed by atoms with Crippen LogP contribution in [-0.4, -0.2) is 93.4 Å². The summed E-state index contributed by atoms with van der Waals surface area (Å²) >= 11 is 0. The van der Waals surface area contributed by atoms with Crippen LogP contribution in [0.1, 0.15) is 32.6 Å². The van der Waals surface area contributed by atoms with Crippen molar-refractivity contribution in [2.75, 3.05) is 0 Å². The molecule has 0 saturated heterocycles. The minimum absolute atomic E-state index is 1.10. The quantitative estimate of drug-likeness (QED) is 0.116. The summed E-state index contributed by atoms with van der Waals surface area (Å²) in [6, 6.07) is 0. The maximum absolute atomic E-state index is 12.3. The molecule has 0 heterocycles. The zero-order chi connectivity index (χ0) is 23.2. The lowest BCUT2D eigenvalue weighted by Gasteiger charge is -2.50. The Morgan fingerprint density at radius 3 is 1.59 bits per heavy atom.